The lowest BCUT2D eigenvalue weighted by Crippen LogP contribution is -2.32. The smallest absolute Gasteiger partial charge is 0.310 e. The summed E-state index contributed by atoms with van der Waals surface area (Å²) in [6, 6.07) is 8.32. The molecule has 2 aromatic carbocycles. The molecule has 0 fully saturated rings. The molecule has 186 valence electrons. The van der Waals surface area contributed by atoms with Gasteiger partial charge in [-0.3, -0.25) is 4.79 Å². The van der Waals surface area contributed by atoms with Gasteiger partial charge in [-0.2, -0.15) is 0 Å². The van der Waals surface area contributed by atoms with Crippen LogP contribution in [-0.2, 0) is 11.4 Å². The minimum atomic E-state index is -9.45. The second-order valence-electron chi connectivity index (χ2n) is 7.73. The Morgan fingerprint density at radius 3 is 2.18 bits per heavy atom. The van der Waals surface area contributed by atoms with E-state index in [4.69, 9.17) is 5.73 Å². The molecule has 0 heterocycles. The van der Waals surface area contributed by atoms with Crippen LogP contribution in [0.1, 0.15) is 54.5 Å². The average molecular weight is 495 g/mol. The van der Waals surface area contributed by atoms with E-state index in [-0.39, 0.29) is 18.6 Å². The Balaban J connectivity index is 0.000000361. The summed E-state index contributed by atoms with van der Waals surface area (Å²) < 4.78 is 60.4. The second kappa shape index (κ2) is 10.2. The highest BCUT2D eigenvalue weighted by Gasteiger charge is 2.65. The summed E-state index contributed by atoms with van der Waals surface area (Å²) in [5, 5.41) is 12.2. The summed E-state index contributed by atoms with van der Waals surface area (Å²) in [4.78, 5) is 9.40. The number of aryl methyl sites for hydroxylation is 1. The van der Waals surface area contributed by atoms with Gasteiger partial charge in [0.2, 0.25) is 5.91 Å². The zero-order chi connectivity index (χ0) is 25.5. The monoisotopic (exact) mass is 494 g/mol. The number of carbonyl (C=O) groups is 1. The number of aliphatic hydroxyl groups is 1. The van der Waals surface area contributed by atoms with Crippen LogP contribution < -0.4 is 11.1 Å². The van der Waals surface area contributed by atoms with E-state index in [2.05, 4.69) is 25.7 Å². The first-order chi connectivity index (χ1) is 15.0. The molecule has 0 bridgehead atoms. The number of nitrogens with one attached hydrogen (secondary N) is 1. The van der Waals surface area contributed by atoms with Crippen molar-refractivity contribution >= 4 is 16.1 Å². The van der Waals surface area contributed by atoms with Crippen molar-refractivity contribution in [1.82, 2.24) is 5.32 Å². The topological polar surface area (TPSA) is 75.4 Å². The molecular formula is C23H31F5N2O2S. The second-order valence-corrected chi connectivity index (χ2v) is 10.1. The number of halogens is 5. The van der Waals surface area contributed by atoms with Crippen LogP contribution in [0.4, 0.5) is 19.4 Å². The van der Waals surface area contributed by atoms with Crippen molar-refractivity contribution < 1.29 is 29.3 Å². The molecule has 10 heteroatoms. The molecule has 2 aromatic rings. The van der Waals surface area contributed by atoms with Crippen molar-refractivity contribution in [2.24, 2.45) is 5.73 Å². The molecule has 0 saturated heterocycles. The molecule has 33 heavy (non-hydrogen) atoms. The third-order valence-corrected chi connectivity index (χ3v) is 6.23. The van der Waals surface area contributed by atoms with Gasteiger partial charge in [-0.15, -0.1) is 0 Å². The number of carbonyl (C=O) groups excluding carboxylic acids is 1. The molecule has 0 saturated carbocycles. The molecule has 2 rings (SSSR count). The standard InChI is InChI=1S/C16H24N2O2.C7H7F5S/c1-4-11(3)13-8-6-7-12(10-19)16(13)14(17)9-18-15(20)5-2;1-6-2-4-7(5-3-6)13(8,9,10,11)12/h5-8,11,14,19H,2,4,9-10,17H2,1,3H3,(H,18,20);2-5H,1H3. The summed E-state index contributed by atoms with van der Waals surface area (Å²) in [5.74, 6) is 0.115. The number of benzene rings is 2. The number of hydrogen-bond acceptors (Lipinski definition) is 3. The van der Waals surface area contributed by atoms with E-state index in [0.717, 1.165) is 35.2 Å². The van der Waals surface area contributed by atoms with Gasteiger partial charge in [-0.25, -0.2) is 0 Å². The van der Waals surface area contributed by atoms with E-state index in [1.54, 1.807) is 0 Å². The molecule has 0 aromatic heterocycles. The number of aliphatic hydroxyl groups excluding tert-OH is 1. The van der Waals surface area contributed by atoms with E-state index in [1.165, 1.54) is 13.0 Å². The lowest BCUT2D eigenvalue weighted by Gasteiger charge is -2.40. The zero-order valence-corrected chi connectivity index (χ0v) is 19.6. The highest BCUT2D eigenvalue weighted by molar-refractivity contribution is 8.45. The summed E-state index contributed by atoms with van der Waals surface area (Å²) >= 11 is 0. The van der Waals surface area contributed by atoms with E-state index < -0.39 is 15.1 Å². The van der Waals surface area contributed by atoms with Crippen LogP contribution in [0.3, 0.4) is 0 Å². The van der Waals surface area contributed by atoms with Gasteiger partial charge in [0.05, 0.1) is 6.61 Å². The minimum absolute atomic E-state index is 0.0529. The number of rotatable bonds is 8. The van der Waals surface area contributed by atoms with Gasteiger partial charge in [-0.05, 0) is 54.2 Å². The molecule has 0 aliphatic heterocycles. The zero-order valence-electron chi connectivity index (χ0n) is 18.8. The highest BCUT2D eigenvalue weighted by Crippen LogP contribution is 3.02. The van der Waals surface area contributed by atoms with Crippen molar-refractivity contribution in [2.75, 3.05) is 6.54 Å². The fourth-order valence-electron chi connectivity index (χ4n) is 3.05. The molecule has 4 N–H and O–H groups in total. The van der Waals surface area contributed by atoms with E-state index in [0.29, 0.717) is 30.2 Å². The van der Waals surface area contributed by atoms with Crippen LogP contribution in [0, 0.1) is 6.92 Å². The number of nitrogens with two attached hydrogens (primary N) is 1. The maximum atomic E-state index is 12.1. The highest BCUT2D eigenvalue weighted by atomic mass is 32.5. The van der Waals surface area contributed by atoms with Crippen LogP contribution in [-0.4, -0.2) is 17.6 Å². The normalized spacial score (nSPS) is 15.2. The van der Waals surface area contributed by atoms with Gasteiger partial charge in [0.25, 0.3) is 0 Å². The van der Waals surface area contributed by atoms with Gasteiger partial charge in [0, 0.05) is 12.6 Å². The van der Waals surface area contributed by atoms with Crippen molar-refractivity contribution in [3.8, 4) is 0 Å². The summed E-state index contributed by atoms with van der Waals surface area (Å²) in [6.07, 6.45) is 2.22. The number of hydrogen-bond donors (Lipinski definition) is 3. The predicted molar refractivity (Wildman–Crippen MR) is 124 cm³/mol. The van der Waals surface area contributed by atoms with Crippen molar-refractivity contribution in [1.29, 1.82) is 0 Å². The Bertz CT molecular complexity index is 964. The Morgan fingerprint density at radius 1 is 1.15 bits per heavy atom. The third-order valence-electron chi connectivity index (χ3n) is 5.06. The van der Waals surface area contributed by atoms with E-state index in [1.807, 2.05) is 18.2 Å². The van der Waals surface area contributed by atoms with E-state index >= 15 is 0 Å². The summed E-state index contributed by atoms with van der Waals surface area (Å²) in [5.41, 5.74) is 9.61. The first-order valence-electron chi connectivity index (χ1n) is 10.2. The van der Waals surface area contributed by atoms with Gasteiger partial charge in [0.15, 0.2) is 0 Å². The Hall–Kier alpha value is -2.43. The minimum Gasteiger partial charge on any atom is -0.392 e. The van der Waals surface area contributed by atoms with Gasteiger partial charge < -0.3 is 16.2 Å². The fourth-order valence-corrected chi connectivity index (χ4v) is 3.70. The molecule has 0 spiro atoms. The lowest BCUT2D eigenvalue weighted by atomic mass is 9.87. The van der Waals surface area contributed by atoms with Crippen LogP contribution >= 0.6 is 10.2 Å². The van der Waals surface area contributed by atoms with Crippen LogP contribution in [0.2, 0.25) is 0 Å². The largest absolute Gasteiger partial charge is 0.392 e. The molecule has 0 aliphatic rings. The molecule has 4 nitrogen and oxygen atoms in total. The molecule has 0 radical (unpaired) electrons. The molecule has 2 unspecified atom stereocenters. The molecular weight excluding hydrogens is 463 g/mol. The number of amides is 1. The Morgan fingerprint density at radius 2 is 1.73 bits per heavy atom. The van der Waals surface area contributed by atoms with Crippen molar-refractivity contribution in [2.45, 2.75) is 50.7 Å². The van der Waals surface area contributed by atoms with Crippen LogP contribution in [0.25, 0.3) is 0 Å². The van der Waals surface area contributed by atoms with Crippen molar-refractivity contribution in [3.63, 3.8) is 0 Å². The fraction of sp³-hybridized carbons (Fsp3) is 0.348. The van der Waals surface area contributed by atoms with Crippen molar-refractivity contribution in [3.05, 3.63) is 77.4 Å². The Labute approximate surface area is 191 Å². The van der Waals surface area contributed by atoms with Crippen LogP contribution in [0.15, 0.2) is 60.0 Å². The van der Waals surface area contributed by atoms with Gasteiger partial charge in [0.1, 0.15) is 4.90 Å². The predicted octanol–water partition coefficient (Wildman–Crippen LogP) is 6.65. The summed E-state index contributed by atoms with van der Waals surface area (Å²) in [7, 11) is -9.45. The third kappa shape index (κ3) is 8.79. The van der Waals surface area contributed by atoms with Gasteiger partial charge in [-0.1, -0.05) is 75.8 Å². The first kappa shape index (κ1) is 28.6. The quantitative estimate of drug-likeness (QED) is 0.284. The first-order valence-corrected chi connectivity index (χ1v) is 12.2. The Kier molecular flexibility index (Phi) is 8.87. The van der Waals surface area contributed by atoms with E-state index in [9.17, 15) is 29.3 Å². The maximum Gasteiger partial charge on any atom is 0.310 e. The summed E-state index contributed by atoms with van der Waals surface area (Å²) in [6.45, 7) is 9.46. The SMILES string of the molecule is C=CC(=O)NCC(N)c1c(CO)cccc1C(C)CC.Cc1ccc(S(F)(F)(F)(F)F)cc1. The van der Waals surface area contributed by atoms with Gasteiger partial charge >= 0.3 is 10.2 Å². The lowest BCUT2D eigenvalue weighted by molar-refractivity contribution is -0.116. The molecule has 1 amide bonds. The molecule has 2 atom stereocenters. The maximum absolute atomic E-state index is 12.1. The van der Waals surface area contributed by atoms with Crippen LogP contribution in [0.5, 0.6) is 0 Å². The molecule has 0 aliphatic carbocycles. The average Bonchev–Trinajstić information content (AvgIpc) is 2.75.